The number of para-hydroxylation sites is 1. The molecule has 0 spiro atoms. The van der Waals surface area contributed by atoms with Gasteiger partial charge in [-0.2, -0.15) is 0 Å². The van der Waals surface area contributed by atoms with E-state index in [1.165, 1.54) is 25.2 Å². The number of rotatable bonds is 6. The van der Waals surface area contributed by atoms with Crippen LogP contribution >= 0.6 is 0 Å². The number of nitrogens with one attached hydrogen (secondary N) is 1. The summed E-state index contributed by atoms with van der Waals surface area (Å²) < 4.78 is 13.6. The lowest BCUT2D eigenvalue weighted by Crippen LogP contribution is -2.41. The first-order chi connectivity index (χ1) is 9.82. The molecule has 0 aliphatic carbocycles. The first kappa shape index (κ1) is 16.9. The molecule has 0 aliphatic rings. The summed E-state index contributed by atoms with van der Waals surface area (Å²) >= 11 is 0. The van der Waals surface area contributed by atoms with Crippen molar-refractivity contribution >= 4 is 17.7 Å². The van der Waals surface area contributed by atoms with Crippen molar-refractivity contribution in [3.8, 4) is 0 Å². The molecule has 0 radical (unpaired) electrons. The Morgan fingerprint density at radius 1 is 1.33 bits per heavy atom. The second kappa shape index (κ2) is 7.61. The lowest BCUT2D eigenvalue weighted by atomic mass is 9.97. The molecule has 0 aliphatic heterocycles. The Balaban J connectivity index is 2.64. The van der Waals surface area contributed by atoms with Crippen molar-refractivity contribution in [1.29, 1.82) is 0 Å². The quantitative estimate of drug-likeness (QED) is 0.848. The molecule has 0 fully saturated rings. The molecular formula is C15H21FN2O3. The van der Waals surface area contributed by atoms with Gasteiger partial charge in [-0.15, -0.1) is 0 Å². The number of anilines is 1. The van der Waals surface area contributed by atoms with Gasteiger partial charge in [0.25, 0.3) is 0 Å². The smallest absolute Gasteiger partial charge is 0.321 e. The maximum atomic E-state index is 13.6. The van der Waals surface area contributed by atoms with Crippen LogP contribution in [0.1, 0.15) is 20.3 Å². The third-order valence-electron chi connectivity index (χ3n) is 3.12. The number of carbonyl (C=O) groups excluding carboxylic acids is 1. The number of hydrogen-bond acceptors (Lipinski definition) is 2. The van der Waals surface area contributed by atoms with E-state index in [1.54, 1.807) is 6.07 Å². The number of hydrogen-bond donors (Lipinski definition) is 2. The van der Waals surface area contributed by atoms with Crippen molar-refractivity contribution in [3.63, 3.8) is 0 Å². The average molecular weight is 296 g/mol. The Morgan fingerprint density at radius 2 is 1.95 bits per heavy atom. The van der Waals surface area contributed by atoms with E-state index in [0.29, 0.717) is 6.42 Å². The number of carboxylic acids is 1. The Hall–Kier alpha value is -2.11. The van der Waals surface area contributed by atoms with Gasteiger partial charge in [0.1, 0.15) is 5.82 Å². The summed E-state index contributed by atoms with van der Waals surface area (Å²) in [7, 11) is 1.44. The van der Waals surface area contributed by atoms with Crippen molar-refractivity contribution < 1.29 is 19.1 Å². The van der Waals surface area contributed by atoms with Gasteiger partial charge in [0.2, 0.25) is 0 Å². The van der Waals surface area contributed by atoms with E-state index in [0.717, 1.165) is 4.90 Å². The predicted molar refractivity (Wildman–Crippen MR) is 78.8 cm³/mol. The summed E-state index contributed by atoms with van der Waals surface area (Å²) in [6.07, 6.45) is 0.471. The molecule has 21 heavy (non-hydrogen) atoms. The zero-order valence-electron chi connectivity index (χ0n) is 12.5. The molecule has 0 bridgehead atoms. The van der Waals surface area contributed by atoms with Crippen LogP contribution in [0.3, 0.4) is 0 Å². The molecular weight excluding hydrogens is 275 g/mol. The number of halogens is 1. The monoisotopic (exact) mass is 296 g/mol. The highest BCUT2D eigenvalue weighted by molar-refractivity contribution is 5.91. The highest BCUT2D eigenvalue weighted by atomic mass is 19.1. The standard InChI is InChI=1S/C15H21FN2O3/c1-10(2)8-11(14(19)20)9-17-15(21)18(3)13-7-5-4-6-12(13)16/h4-7,10-11H,8-9H2,1-3H3,(H,17,21)(H,19,20). The third kappa shape index (κ3) is 5.06. The molecule has 1 aromatic rings. The Kier molecular flexibility index (Phi) is 6.14. The van der Waals surface area contributed by atoms with Crippen LogP contribution in [0, 0.1) is 17.7 Å². The highest BCUT2D eigenvalue weighted by Crippen LogP contribution is 2.17. The summed E-state index contributed by atoms with van der Waals surface area (Å²) in [4.78, 5) is 24.2. The van der Waals surface area contributed by atoms with Gasteiger partial charge < -0.3 is 10.4 Å². The summed E-state index contributed by atoms with van der Waals surface area (Å²) in [5.41, 5.74) is 0.144. The fraction of sp³-hybridized carbons (Fsp3) is 0.467. The third-order valence-corrected chi connectivity index (χ3v) is 3.12. The van der Waals surface area contributed by atoms with Gasteiger partial charge in [0, 0.05) is 13.6 Å². The van der Waals surface area contributed by atoms with Gasteiger partial charge in [0.15, 0.2) is 0 Å². The lowest BCUT2D eigenvalue weighted by molar-refractivity contribution is -0.142. The van der Waals surface area contributed by atoms with E-state index in [4.69, 9.17) is 5.11 Å². The minimum Gasteiger partial charge on any atom is -0.481 e. The molecule has 1 unspecified atom stereocenters. The second-order valence-corrected chi connectivity index (χ2v) is 5.36. The molecule has 1 rings (SSSR count). The van der Waals surface area contributed by atoms with Crippen LogP contribution in [0.25, 0.3) is 0 Å². The molecule has 0 saturated heterocycles. The first-order valence-corrected chi connectivity index (χ1v) is 6.81. The molecule has 6 heteroatoms. The molecule has 2 amide bonds. The van der Waals surface area contributed by atoms with Crippen molar-refractivity contribution in [3.05, 3.63) is 30.1 Å². The topological polar surface area (TPSA) is 69.6 Å². The molecule has 116 valence electrons. The molecule has 0 saturated carbocycles. The van der Waals surface area contributed by atoms with Crippen LogP contribution in [0.4, 0.5) is 14.9 Å². The summed E-state index contributed by atoms with van der Waals surface area (Å²) in [6.45, 7) is 3.86. The SMILES string of the molecule is CC(C)CC(CNC(=O)N(C)c1ccccc1F)C(=O)O. The maximum Gasteiger partial charge on any atom is 0.321 e. The number of urea groups is 1. The van der Waals surface area contributed by atoms with E-state index < -0.39 is 23.7 Å². The molecule has 0 heterocycles. The molecule has 2 N–H and O–H groups in total. The van der Waals surface area contributed by atoms with Crippen LogP contribution in [0.15, 0.2) is 24.3 Å². The minimum absolute atomic E-state index is 0.0190. The molecule has 5 nitrogen and oxygen atoms in total. The van der Waals surface area contributed by atoms with Crippen LogP contribution in [-0.2, 0) is 4.79 Å². The van der Waals surface area contributed by atoms with Gasteiger partial charge in [-0.3, -0.25) is 9.69 Å². The van der Waals surface area contributed by atoms with Crippen molar-refractivity contribution in [2.45, 2.75) is 20.3 Å². The lowest BCUT2D eigenvalue weighted by Gasteiger charge is -2.21. The zero-order chi connectivity index (χ0) is 16.0. The summed E-state index contributed by atoms with van der Waals surface area (Å²) in [6, 6.07) is 5.37. The van der Waals surface area contributed by atoms with Gasteiger partial charge in [-0.1, -0.05) is 26.0 Å². The van der Waals surface area contributed by atoms with Crippen LogP contribution in [0.5, 0.6) is 0 Å². The Bertz CT molecular complexity index is 505. The number of benzene rings is 1. The zero-order valence-corrected chi connectivity index (χ0v) is 12.5. The number of amides is 2. The minimum atomic E-state index is -0.947. The Labute approximate surface area is 123 Å². The van der Waals surface area contributed by atoms with E-state index in [2.05, 4.69) is 5.32 Å². The van der Waals surface area contributed by atoms with Crippen LogP contribution in [0.2, 0.25) is 0 Å². The summed E-state index contributed by atoms with van der Waals surface area (Å²) in [5.74, 6) is -1.89. The Morgan fingerprint density at radius 3 is 2.48 bits per heavy atom. The maximum absolute atomic E-state index is 13.6. The van der Waals surface area contributed by atoms with Gasteiger partial charge in [0.05, 0.1) is 11.6 Å². The summed E-state index contributed by atoms with van der Waals surface area (Å²) in [5, 5.41) is 11.6. The van der Waals surface area contributed by atoms with Crippen molar-refractivity contribution in [1.82, 2.24) is 5.32 Å². The largest absolute Gasteiger partial charge is 0.481 e. The molecule has 1 aromatic carbocycles. The second-order valence-electron chi connectivity index (χ2n) is 5.36. The fourth-order valence-electron chi connectivity index (χ4n) is 2.00. The van der Waals surface area contributed by atoms with Gasteiger partial charge >= 0.3 is 12.0 Å². The first-order valence-electron chi connectivity index (χ1n) is 6.81. The van der Waals surface area contributed by atoms with E-state index in [1.807, 2.05) is 13.8 Å². The highest BCUT2D eigenvalue weighted by Gasteiger charge is 2.21. The number of carboxylic acid groups (broad SMARTS) is 1. The van der Waals surface area contributed by atoms with E-state index in [-0.39, 0.29) is 18.2 Å². The van der Waals surface area contributed by atoms with Gasteiger partial charge in [-0.05, 0) is 24.5 Å². The van der Waals surface area contributed by atoms with Crippen molar-refractivity contribution in [2.75, 3.05) is 18.5 Å². The fourth-order valence-corrected chi connectivity index (χ4v) is 2.00. The average Bonchev–Trinajstić information content (AvgIpc) is 2.42. The van der Waals surface area contributed by atoms with E-state index in [9.17, 15) is 14.0 Å². The molecule has 0 aromatic heterocycles. The van der Waals surface area contributed by atoms with Crippen molar-refractivity contribution in [2.24, 2.45) is 11.8 Å². The van der Waals surface area contributed by atoms with Crippen LogP contribution < -0.4 is 10.2 Å². The normalized spacial score (nSPS) is 12.0. The molecule has 1 atom stereocenters. The number of carbonyl (C=O) groups is 2. The van der Waals surface area contributed by atoms with E-state index >= 15 is 0 Å². The number of nitrogens with zero attached hydrogens (tertiary/aromatic N) is 1. The predicted octanol–water partition coefficient (Wildman–Crippen LogP) is 2.72. The van der Waals surface area contributed by atoms with Crippen LogP contribution in [-0.4, -0.2) is 30.7 Å². The number of aliphatic carboxylic acids is 1. The van der Waals surface area contributed by atoms with Gasteiger partial charge in [-0.25, -0.2) is 9.18 Å².